The largest absolute Gasteiger partial charge is 0.304 e. The van der Waals surface area contributed by atoms with Gasteiger partial charge >= 0.3 is 0 Å². The molecule has 0 saturated heterocycles. The van der Waals surface area contributed by atoms with E-state index in [2.05, 4.69) is 66.3 Å². The fourth-order valence-corrected chi connectivity index (χ4v) is 2.80. The predicted molar refractivity (Wildman–Crippen MR) is 99.7 cm³/mol. The van der Waals surface area contributed by atoms with E-state index in [9.17, 15) is 0 Å². The van der Waals surface area contributed by atoms with Gasteiger partial charge in [0.1, 0.15) is 0 Å². The molecule has 0 amide bonds. The molecular formula is C22H23IrN2-. The summed E-state index contributed by atoms with van der Waals surface area (Å²) in [6.07, 6.45) is 8.39. The third-order valence-electron chi connectivity index (χ3n) is 4.11. The molecule has 3 rings (SSSR count). The van der Waals surface area contributed by atoms with Gasteiger partial charge in [0.15, 0.2) is 0 Å². The molecule has 2 heterocycles. The van der Waals surface area contributed by atoms with Crippen molar-refractivity contribution in [3.8, 4) is 22.5 Å². The second-order valence-electron chi connectivity index (χ2n) is 6.09. The standard InChI is InChI=1S/C22H23N2.Ir/c1-3-5-17-7-13-21(23-15-17)19-9-11-20(12-10-19)22-14-8-18(6-4-2)16-24-22;/h7-11,13-16H,3-6H2,1-2H3;/q-1;. The van der Waals surface area contributed by atoms with Gasteiger partial charge in [-0.3, -0.25) is 4.98 Å². The molecule has 3 aromatic rings. The molecule has 131 valence electrons. The molecule has 1 aromatic carbocycles. The number of aryl methyl sites for hydroxylation is 2. The Hall–Kier alpha value is -1.83. The van der Waals surface area contributed by atoms with E-state index in [0.717, 1.165) is 48.2 Å². The fourth-order valence-electron chi connectivity index (χ4n) is 2.80. The van der Waals surface area contributed by atoms with Gasteiger partial charge in [0.25, 0.3) is 0 Å². The molecule has 2 nitrogen and oxygen atoms in total. The van der Waals surface area contributed by atoms with Crippen molar-refractivity contribution in [1.82, 2.24) is 9.97 Å². The first-order chi connectivity index (χ1) is 11.8. The van der Waals surface area contributed by atoms with Crippen molar-refractivity contribution < 1.29 is 20.1 Å². The van der Waals surface area contributed by atoms with Crippen LogP contribution in [0.4, 0.5) is 0 Å². The van der Waals surface area contributed by atoms with Gasteiger partial charge < -0.3 is 4.98 Å². The normalized spacial score (nSPS) is 10.3. The van der Waals surface area contributed by atoms with Gasteiger partial charge in [-0.05, 0) is 35.7 Å². The Kier molecular flexibility index (Phi) is 7.49. The van der Waals surface area contributed by atoms with Gasteiger partial charge in [-0.25, -0.2) is 0 Å². The van der Waals surface area contributed by atoms with Crippen molar-refractivity contribution in [2.24, 2.45) is 0 Å². The summed E-state index contributed by atoms with van der Waals surface area (Å²) in [4.78, 5) is 9.12. The maximum absolute atomic E-state index is 4.57. The van der Waals surface area contributed by atoms with Gasteiger partial charge in [-0.15, -0.1) is 29.8 Å². The van der Waals surface area contributed by atoms with Crippen LogP contribution in [0.3, 0.4) is 0 Å². The Morgan fingerprint density at radius 1 is 0.760 bits per heavy atom. The minimum Gasteiger partial charge on any atom is -0.304 e. The van der Waals surface area contributed by atoms with E-state index in [1.54, 1.807) is 0 Å². The van der Waals surface area contributed by atoms with Crippen LogP contribution in [-0.4, -0.2) is 9.97 Å². The summed E-state index contributed by atoms with van der Waals surface area (Å²) in [6, 6.07) is 18.0. The van der Waals surface area contributed by atoms with Crippen LogP contribution in [0.1, 0.15) is 37.8 Å². The number of nitrogens with zero attached hydrogens (tertiary/aromatic N) is 2. The number of aromatic nitrogens is 2. The maximum Gasteiger partial charge on any atom is 0.0297 e. The molecule has 1 radical (unpaired) electrons. The number of hydrogen-bond donors (Lipinski definition) is 0. The summed E-state index contributed by atoms with van der Waals surface area (Å²) >= 11 is 0. The average molecular weight is 508 g/mol. The van der Waals surface area contributed by atoms with Gasteiger partial charge in [0.05, 0.1) is 0 Å². The Balaban J connectivity index is 0.00000225. The summed E-state index contributed by atoms with van der Waals surface area (Å²) in [5.41, 5.74) is 6.64. The second-order valence-corrected chi connectivity index (χ2v) is 6.09. The first kappa shape index (κ1) is 19.5. The van der Waals surface area contributed by atoms with Gasteiger partial charge in [-0.2, -0.15) is 0 Å². The van der Waals surface area contributed by atoms with Crippen LogP contribution >= 0.6 is 0 Å². The monoisotopic (exact) mass is 508 g/mol. The van der Waals surface area contributed by atoms with Crippen LogP contribution in [0.2, 0.25) is 0 Å². The molecule has 0 aliphatic rings. The second kappa shape index (κ2) is 9.60. The van der Waals surface area contributed by atoms with E-state index in [-0.39, 0.29) is 20.1 Å². The molecule has 0 unspecified atom stereocenters. The zero-order chi connectivity index (χ0) is 16.8. The van der Waals surface area contributed by atoms with Gasteiger partial charge in [0, 0.05) is 38.2 Å². The van der Waals surface area contributed by atoms with Crippen molar-refractivity contribution >= 4 is 0 Å². The summed E-state index contributed by atoms with van der Waals surface area (Å²) in [5, 5.41) is 0. The molecule has 0 atom stereocenters. The predicted octanol–water partition coefficient (Wildman–Crippen LogP) is 5.51. The first-order valence-electron chi connectivity index (χ1n) is 8.72. The quantitative estimate of drug-likeness (QED) is 0.411. The van der Waals surface area contributed by atoms with Crippen molar-refractivity contribution in [2.75, 3.05) is 0 Å². The molecule has 0 N–H and O–H groups in total. The third-order valence-corrected chi connectivity index (χ3v) is 4.11. The Morgan fingerprint density at radius 2 is 1.36 bits per heavy atom. The van der Waals surface area contributed by atoms with Crippen molar-refractivity contribution in [2.45, 2.75) is 39.5 Å². The van der Waals surface area contributed by atoms with Gasteiger partial charge in [0.2, 0.25) is 0 Å². The molecule has 0 aliphatic heterocycles. The Bertz CT molecular complexity index is 694. The average Bonchev–Trinajstić information content (AvgIpc) is 2.64. The van der Waals surface area contributed by atoms with Crippen molar-refractivity contribution in [3.63, 3.8) is 0 Å². The summed E-state index contributed by atoms with van der Waals surface area (Å²) < 4.78 is 0. The molecule has 0 spiro atoms. The zero-order valence-electron chi connectivity index (χ0n) is 14.8. The molecule has 0 bridgehead atoms. The summed E-state index contributed by atoms with van der Waals surface area (Å²) in [6.45, 7) is 4.37. The molecular weight excluding hydrogens is 484 g/mol. The van der Waals surface area contributed by atoms with Crippen molar-refractivity contribution in [1.29, 1.82) is 0 Å². The Morgan fingerprint density at radius 3 is 1.80 bits per heavy atom. The van der Waals surface area contributed by atoms with E-state index in [1.807, 2.05) is 18.5 Å². The molecule has 0 aliphatic carbocycles. The van der Waals surface area contributed by atoms with E-state index < -0.39 is 0 Å². The SMILES string of the molecule is CCCc1ccc(-c2[c-]cc(-c3ccc(CCC)cn3)cc2)nc1.[Ir]. The number of benzene rings is 1. The maximum atomic E-state index is 4.57. The molecule has 0 saturated carbocycles. The van der Waals surface area contributed by atoms with E-state index in [1.165, 1.54) is 11.1 Å². The number of rotatable bonds is 6. The van der Waals surface area contributed by atoms with Gasteiger partial charge in [-0.1, -0.05) is 50.5 Å². The van der Waals surface area contributed by atoms with Crippen LogP contribution < -0.4 is 0 Å². The van der Waals surface area contributed by atoms with E-state index in [4.69, 9.17) is 0 Å². The van der Waals surface area contributed by atoms with Crippen LogP contribution in [-0.2, 0) is 32.9 Å². The third kappa shape index (κ3) is 5.07. The number of pyridine rings is 2. The van der Waals surface area contributed by atoms with Crippen LogP contribution in [0.5, 0.6) is 0 Å². The molecule has 0 fully saturated rings. The minimum atomic E-state index is 0. The van der Waals surface area contributed by atoms with Crippen molar-refractivity contribution in [3.05, 3.63) is 72.1 Å². The van der Waals surface area contributed by atoms with E-state index in [0.29, 0.717) is 0 Å². The minimum absolute atomic E-state index is 0. The zero-order valence-corrected chi connectivity index (χ0v) is 17.1. The molecule has 25 heavy (non-hydrogen) atoms. The van der Waals surface area contributed by atoms with E-state index >= 15 is 0 Å². The Labute approximate surface area is 164 Å². The molecule has 3 heteroatoms. The van der Waals surface area contributed by atoms with Crippen LogP contribution in [0.25, 0.3) is 22.5 Å². The topological polar surface area (TPSA) is 25.8 Å². The smallest absolute Gasteiger partial charge is 0.0297 e. The first-order valence-corrected chi connectivity index (χ1v) is 8.72. The van der Waals surface area contributed by atoms with Crippen LogP contribution in [0, 0.1) is 6.07 Å². The van der Waals surface area contributed by atoms with Crippen LogP contribution in [0.15, 0.2) is 54.9 Å². The fraction of sp³-hybridized carbons (Fsp3) is 0.273. The summed E-state index contributed by atoms with van der Waals surface area (Å²) in [7, 11) is 0. The summed E-state index contributed by atoms with van der Waals surface area (Å²) in [5.74, 6) is 0. The molecule has 2 aromatic heterocycles. The number of hydrogen-bond acceptors (Lipinski definition) is 2.